The fourth-order valence-corrected chi connectivity index (χ4v) is 3.65. The normalized spacial score (nSPS) is 12.6. The van der Waals surface area contributed by atoms with Crippen LogP contribution in [0.1, 0.15) is 23.6 Å². The molecular formula is C19H17ClF3N5OS. The molecule has 1 heterocycles. The second-order valence-electron chi connectivity index (χ2n) is 6.53. The van der Waals surface area contributed by atoms with E-state index in [0.29, 0.717) is 5.16 Å². The average Bonchev–Trinajstić information content (AvgIpc) is 3.12. The minimum absolute atomic E-state index is 0.0737. The quantitative estimate of drug-likeness (QED) is 0.544. The second-order valence-corrected chi connectivity index (χ2v) is 8.27. The van der Waals surface area contributed by atoms with Crippen LogP contribution in [-0.4, -0.2) is 31.4 Å². The number of aromatic nitrogens is 4. The Kier molecular flexibility index (Phi) is 6.37. The Bertz CT molecular complexity index is 1090. The molecule has 11 heteroatoms. The SMILES string of the molecule is Cc1cccc(-n2nnnc2SC(C)C(=O)Nc2ccc(Cl)cc2C(F)(F)F)c1C. The van der Waals surface area contributed by atoms with Gasteiger partial charge in [-0.15, -0.1) is 5.10 Å². The summed E-state index contributed by atoms with van der Waals surface area (Å²) in [4.78, 5) is 12.6. The van der Waals surface area contributed by atoms with Crippen molar-refractivity contribution in [1.29, 1.82) is 0 Å². The molecule has 3 aromatic rings. The van der Waals surface area contributed by atoms with Crippen LogP contribution < -0.4 is 5.32 Å². The van der Waals surface area contributed by atoms with E-state index < -0.39 is 22.9 Å². The van der Waals surface area contributed by atoms with Gasteiger partial charge < -0.3 is 5.32 Å². The molecule has 0 aliphatic heterocycles. The number of aryl methyl sites for hydroxylation is 1. The Hall–Kier alpha value is -2.59. The van der Waals surface area contributed by atoms with E-state index in [9.17, 15) is 18.0 Å². The maximum absolute atomic E-state index is 13.3. The minimum Gasteiger partial charge on any atom is -0.325 e. The first kappa shape index (κ1) is 22.1. The fourth-order valence-electron chi connectivity index (χ4n) is 2.67. The molecule has 30 heavy (non-hydrogen) atoms. The fraction of sp³-hybridized carbons (Fsp3) is 0.263. The summed E-state index contributed by atoms with van der Waals surface area (Å²) in [6.45, 7) is 5.44. The zero-order valence-corrected chi connectivity index (χ0v) is 17.7. The summed E-state index contributed by atoms with van der Waals surface area (Å²) < 4.78 is 41.3. The highest BCUT2D eigenvalue weighted by molar-refractivity contribution is 8.00. The maximum Gasteiger partial charge on any atom is 0.418 e. The van der Waals surface area contributed by atoms with Crippen LogP contribution in [0.15, 0.2) is 41.6 Å². The smallest absolute Gasteiger partial charge is 0.325 e. The third kappa shape index (κ3) is 4.76. The predicted octanol–water partition coefficient (Wildman–Crippen LogP) is 5.07. The molecule has 6 nitrogen and oxygen atoms in total. The van der Waals surface area contributed by atoms with Crippen LogP contribution in [0.25, 0.3) is 5.69 Å². The number of tetrazole rings is 1. The van der Waals surface area contributed by atoms with Gasteiger partial charge in [0.1, 0.15) is 0 Å². The lowest BCUT2D eigenvalue weighted by Crippen LogP contribution is -2.24. The van der Waals surface area contributed by atoms with E-state index in [2.05, 4.69) is 20.8 Å². The zero-order chi connectivity index (χ0) is 22.1. The molecule has 0 aliphatic carbocycles. The lowest BCUT2D eigenvalue weighted by molar-refractivity contribution is -0.137. The van der Waals surface area contributed by atoms with Gasteiger partial charge in [0.25, 0.3) is 0 Å². The lowest BCUT2D eigenvalue weighted by atomic mass is 10.1. The first-order valence-electron chi connectivity index (χ1n) is 8.77. The van der Waals surface area contributed by atoms with Crippen LogP contribution >= 0.6 is 23.4 Å². The Morgan fingerprint density at radius 2 is 1.97 bits per heavy atom. The zero-order valence-electron chi connectivity index (χ0n) is 16.2. The number of nitrogens with zero attached hydrogens (tertiary/aromatic N) is 4. The van der Waals surface area contributed by atoms with Crippen molar-refractivity contribution in [1.82, 2.24) is 20.2 Å². The van der Waals surface area contributed by atoms with Crippen molar-refractivity contribution >= 4 is 35.0 Å². The number of benzene rings is 2. The molecule has 3 rings (SSSR count). The Morgan fingerprint density at radius 3 is 2.67 bits per heavy atom. The second kappa shape index (κ2) is 8.65. The number of hydrogen-bond donors (Lipinski definition) is 1. The third-order valence-corrected chi connectivity index (χ3v) is 5.71. The van der Waals surface area contributed by atoms with Crippen LogP contribution in [0, 0.1) is 13.8 Å². The monoisotopic (exact) mass is 455 g/mol. The van der Waals surface area contributed by atoms with Crippen LogP contribution in [-0.2, 0) is 11.0 Å². The molecule has 0 bridgehead atoms. The molecule has 2 aromatic carbocycles. The highest BCUT2D eigenvalue weighted by atomic mass is 35.5. The molecule has 0 spiro atoms. The molecule has 1 amide bonds. The highest BCUT2D eigenvalue weighted by Gasteiger charge is 2.34. The summed E-state index contributed by atoms with van der Waals surface area (Å²) in [6, 6.07) is 8.85. The van der Waals surface area contributed by atoms with Crippen molar-refractivity contribution in [3.05, 3.63) is 58.1 Å². The van der Waals surface area contributed by atoms with Gasteiger partial charge >= 0.3 is 6.18 Å². The van der Waals surface area contributed by atoms with Crippen molar-refractivity contribution in [2.45, 2.75) is 37.4 Å². The summed E-state index contributed by atoms with van der Waals surface area (Å²) in [5.74, 6) is -0.622. The number of anilines is 1. The molecular weight excluding hydrogens is 439 g/mol. The van der Waals surface area contributed by atoms with Gasteiger partial charge in [0.05, 0.1) is 22.2 Å². The molecule has 0 saturated heterocycles. The van der Waals surface area contributed by atoms with Crippen LogP contribution in [0.4, 0.5) is 18.9 Å². The number of nitrogens with one attached hydrogen (secondary N) is 1. The van der Waals surface area contributed by atoms with Crippen molar-refractivity contribution in [3.8, 4) is 5.69 Å². The molecule has 0 fully saturated rings. The summed E-state index contributed by atoms with van der Waals surface area (Å²) >= 11 is 6.71. The third-order valence-electron chi connectivity index (χ3n) is 4.44. The molecule has 0 saturated carbocycles. The van der Waals surface area contributed by atoms with E-state index in [1.165, 1.54) is 10.7 Å². The number of hydrogen-bond acceptors (Lipinski definition) is 5. The van der Waals surface area contributed by atoms with Crippen LogP contribution in [0.2, 0.25) is 5.02 Å². The van der Waals surface area contributed by atoms with Gasteiger partial charge in [-0.2, -0.15) is 17.9 Å². The summed E-state index contributed by atoms with van der Waals surface area (Å²) in [7, 11) is 0. The molecule has 1 N–H and O–H groups in total. The number of alkyl halides is 3. The van der Waals surface area contributed by atoms with Crippen molar-refractivity contribution < 1.29 is 18.0 Å². The van der Waals surface area contributed by atoms with Gasteiger partial charge in [0, 0.05) is 5.02 Å². The van der Waals surface area contributed by atoms with E-state index in [4.69, 9.17) is 11.6 Å². The number of carbonyl (C=O) groups is 1. The van der Waals surface area contributed by atoms with Gasteiger partial charge in [-0.25, -0.2) is 0 Å². The highest BCUT2D eigenvalue weighted by Crippen LogP contribution is 2.37. The topological polar surface area (TPSA) is 72.7 Å². The molecule has 0 radical (unpaired) electrons. The Balaban J connectivity index is 1.80. The average molecular weight is 456 g/mol. The van der Waals surface area contributed by atoms with Gasteiger partial charge in [-0.3, -0.25) is 4.79 Å². The van der Waals surface area contributed by atoms with Gasteiger partial charge in [0.2, 0.25) is 11.1 Å². The molecule has 158 valence electrons. The molecule has 1 unspecified atom stereocenters. The number of carbonyl (C=O) groups excluding carboxylic acids is 1. The first-order chi connectivity index (χ1) is 14.1. The Morgan fingerprint density at radius 1 is 1.23 bits per heavy atom. The van der Waals surface area contributed by atoms with Crippen molar-refractivity contribution in [2.75, 3.05) is 5.32 Å². The largest absolute Gasteiger partial charge is 0.418 e. The number of amides is 1. The van der Waals surface area contributed by atoms with Gasteiger partial charge in [-0.1, -0.05) is 35.5 Å². The predicted molar refractivity (Wildman–Crippen MR) is 109 cm³/mol. The molecule has 0 aliphatic rings. The van der Waals surface area contributed by atoms with E-state index in [1.807, 2.05) is 32.0 Å². The Labute approximate surface area is 179 Å². The number of thioether (sulfide) groups is 1. The first-order valence-corrected chi connectivity index (χ1v) is 10.0. The summed E-state index contributed by atoms with van der Waals surface area (Å²) in [6.07, 6.45) is -4.66. The number of halogens is 4. The van der Waals surface area contributed by atoms with Crippen molar-refractivity contribution in [2.24, 2.45) is 0 Å². The van der Waals surface area contributed by atoms with E-state index in [1.54, 1.807) is 6.92 Å². The molecule has 1 aromatic heterocycles. The van der Waals surface area contributed by atoms with Crippen molar-refractivity contribution in [3.63, 3.8) is 0 Å². The lowest BCUT2D eigenvalue weighted by Gasteiger charge is -2.16. The van der Waals surface area contributed by atoms with E-state index >= 15 is 0 Å². The summed E-state index contributed by atoms with van der Waals surface area (Å²) in [5.41, 5.74) is 1.40. The van der Waals surface area contributed by atoms with E-state index in [0.717, 1.165) is 40.7 Å². The minimum atomic E-state index is -4.66. The summed E-state index contributed by atoms with van der Waals surface area (Å²) in [5, 5.41) is 13.4. The van der Waals surface area contributed by atoms with Gasteiger partial charge in [0.15, 0.2) is 0 Å². The van der Waals surface area contributed by atoms with Crippen LogP contribution in [0.3, 0.4) is 0 Å². The standard InChI is InChI=1S/C19H17ClF3N5OS/c1-10-5-4-6-16(11(10)2)28-18(25-26-27-28)30-12(3)17(29)24-15-8-7-13(20)9-14(15)19(21,22)23/h4-9,12H,1-3H3,(H,24,29). The maximum atomic E-state index is 13.3. The van der Waals surface area contributed by atoms with E-state index in [-0.39, 0.29) is 10.7 Å². The molecule has 1 atom stereocenters. The van der Waals surface area contributed by atoms with Gasteiger partial charge in [-0.05, 0) is 66.6 Å². The van der Waals surface area contributed by atoms with Crippen LogP contribution in [0.5, 0.6) is 0 Å². The number of rotatable bonds is 5.